The van der Waals surface area contributed by atoms with Gasteiger partial charge in [-0.05, 0) is 75.0 Å². The molecular formula is C20H34O2. The van der Waals surface area contributed by atoms with Crippen LogP contribution in [0.25, 0.3) is 0 Å². The molecule has 0 radical (unpaired) electrons. The highest BCUT2D eigenvalue weighted by Gasteiger charge is 2.62. The van der Waals surface area contributed by atoms with Gasteiger partial charge in [0.1, 0.15) is 0 Å². The number of fused-ring (bicyclic) bond motifs is 3. The lowest BCUT2D eigenvalue weighted by atomic mass is 9.44. The lowest BCUT2D eigenvalue weighted by Gasteiger charge is -2.65. The summed E-state index contributed by atoms with van der Waals surface area (Å²) in [6, 6.07) is 0. The van der Waals surface area contributed by atoms with Crippen LogP contribution in [0.1, 0.15) is 73.1 Å². The first kappa shape index (κ1) is 16.5. The van der Waals surface area contributed by atoms with E-state index in [1.165, 1.54) is 12.8 Å². The zero-order valence-electron chi connectivity index (χ0n) is 15.1. The summed E-state index contributed by atoms with van der Waals surface area (Å²) in [7, 11) is 0. The third kappa shape index (κ3) is 2.29. The standard InChI is InChI=1S/C20H34O2/c1-7-18(4)10-8-16-19(5)13-14(21)12-17(2,3)15(19)9-11-20(16,6)22-18/h7,14-16,21H,1,8-13H2,2-6H3/t14-,15+,16+,18+,19-,20+/m1/s1. The maximum atomic E-state index is 10.5. The van der Waals surface area contributed by atoms with Gasteiger partial charge in [-0.2, -0.15) is 0 Å². The molecule has 3 fully saturated rings. The van der Waals surface area contributed by atoms with Crippen LogP contribution in [-0.4, -0.2) is 22.4 Å². The van der Waals surface area contributed by atoms with E-state index in [2.05, 4.69) is 41.2 Å². The van der Waals surface area contributed by atoms with Crippen molar-refractivity contribution in [2.45, 2.75) is 90.4 Å². The average molecular weight is 306 g/mol. The Morgan fingerprint density at radius 1 is 1.00 bits per heavy atom. The van der Waals surface area contributed by atoms with Crippen LogP contribution in [0.3, 0.4) is 0 Å². The predicted molar refractivity (Wildman–Crippen MR) is 90.7 cm³/mol. The van der Waals surface area contributed by atoms with Crippen LogP contribution in [-0.2, 0) is 4.74 Å². The van der Waals surface area contributed by atoms with Gasteiger partial charge in [0.15, 0.2) is 0 Å². The van der Waals surface area contributed by atoms with E-state index in [0.29, 0.717) is 11.8 Å². The van der Waals surface area contributed by atoms with Gasteiger partial charge in [0.2, 0.25) is 0 Å². The van der Waals surface area contributed by atoms with E-state index in [1.807, 2.05) is 6.08 Å². The van der Waals surface area contributed by atoms with E-state index < -0.39 is 0 Å². The first-order valence-corrected chi connectivity index (χ1v) is 9.07. The summed E-state index contributed by atoms with van der Waals surface area (Å²) in [4.78, 5) is 0. The molecule has 2 aliphatic carbocycles. The molecule has 0 aromatic carbocycles. The van der Waals surface area contributed by atoms with Crippen molar-refractivity contribution in [3.8, 4) is 0 Å². The maximum absolute atomic E-state index is 10.5. The number of ether oxygens (including phenoxy) is 1. The minimum atomic E-state index is -0.183. The highest BCUT2D eigenvalue weighted by Crippen LogP contribution is 2.65. The summed E-state index contributed by atoms with van der Waals surface area (Å²) in [5, 5.41) is 10.5. The summed E-state index contributed by atoms with van der Waals surface area (Å²) >= 11 is 0. The molecule has 1 saturated heterocycles. The van der Waals surface area contributed by atoms with Crippen molar-refractivity contribution in [3.63, 3.8) is 0 Å². The van der Waals surface area contributed by atoms with Crippen molar-refractivity contribution in [2.75, 3.05) is 0 Å². The van der Waals surface area contributed by atoms with Gasteiger partial charge >= 0.3 is 0 Å². The number of rotatable bonds is 1. The summed E-state index contributed by atoms with van der Waals surface area (Å²) in [6.45, 7) is 15.6. The molecule has 126 valence electrons. The van der Waals surface area contributed by atoms with Gasteiger partial charge in [-0.1, -0.05) is 26.8 Å². The van der Waals surface area contributed by atoms with Crippen LogP contribution in [0.15, 0.2) is 12.7 Å². The smallest absolute Gasteiger partial charge is 0.0839 e. The largest absolute Gasteiger partial charge is 0.393 e. The number of hydrogen-bond acceptors (Lipinski definition) is 2. The fourth-order valence-electron chi connectivity index (χ4n) is 6.69. The fourth-order valence-corrected chi connectivity index (χ4v) is 6.69. The topological polar surface area (TPSA) is 29.5 Å². The lowest BCUT2D eigenvalue weighted by molar-refractivity contribution is -0.260. The van der Waals surface area contributed by atoms with Crippen LogP contribution < -0.4 is 0 Å². The molecule has 0 spiro atoms. The SMILES string of the molecule is C=C[C@@]1(C)CC[C@H]2[C@]3(C)C[C@H](O)CC(C)(C)[C@@H]3CC[C@]2(C)O1. The monoisotopic (exact) mass is 306 g/mol. The first-order chi connectivity index (χ1) is 10.0. The second-order valence-electron chi connectivity index (χ2n) is 9.67. The third-order valence-electron chi connectivity index (χ3n) is 7.47. The molecule has 2 saturated carbocycles. The van der Waals surface area contributed by atoms with E-state index in [9.17, 15) is 5.11 Å². The second kappa shape index (κ2) is 4.83. The number of hydrogen-bond donors (Lipinski definition) is 1. The third-order valence-corrected chi connectivity index (χ3v) is 7.47. The molecular weight excluding hydrogens is 272 g/mol. The average Bonchev–Trinajstić information content (AvgIpc) is 2.35. The zero-order valence-corrected chi connectivity index (χ0v) is 15.1. The van der Waals surface area contributed by atoms with E-state index in [4.69, 9.17) is 4.74 Å². The summed E-state index contributed by atoms with van der Waals surface area (Å²) in [5.74, 6) is 1.24. The van der Waals surface area contributed by atoms with E-state index in [0.717, 1.165) is 25.7 Å². The highest BCUT2D eigenvalue weighted by molar-refractivity contribution is 5.13. The van der Waals surface area contributed by atoms with E-state index in [-0.39, 0.29) is 28.1 Å². The van der Waals surface area contributed by atoms with Gasteiger partial charge in [0.05, 0.1) is 17.3 Å². The number of aliphatic hydroxyl groups excluding tert-OH is 1. The molecule has 1 aliphatic heterocycles. The Hall–Kier alpha value is -0.340. The van der Waals surface area contributed by atoms with Crippen molar-refractivity contribution < 1.29 is 9.84 Å². The number of aliphatic hydroxyl groups is 1. The van der Waals surface area contributed by atoms with Crippen LogP contribution in [0.5, 0.6) is 0 Å². The Morgan fingerprint density at radius 3 is 2.27 bits per heavy atom. The Kier molecular flexibility index (Phi) is 3.63. The minimum Gasteiger partial charge on any atom is -0.393 e. The molecule has 0 bridgehead atoms. The van der Waals surface area contributed by atoms with Crippen LogP contribution in [0.4, 0.5) is 0 Å². The molecule has 2 heteroatoms. The van der Waals surface area contributed by atoms with Crippen molar-refractivity contribution >= 4 is 0 Å². The van der Waals surface area contributed by atoms with Crippen molar-refractivity contribution in [1.82, 2.24) is 0 Å². The normalized spacial score (nSPS) is 54.2. The summed E-state index contributed by atoms with van der Waals surface area (Å²) in [5.41, 5.74) is 0.167. The van der Waals surface area contributed by atoms with Gasteiger partial charge < -0.3 is 9.84 Å². The minimum absolute atomic E-state index is 0.0699. The van der Waals surface area contributed by atoms with Gasteiger partial charge in [-0.25, -0.2) is 0 Å². The summed E-state index contributed by atoms with van der Waals surface area (Å²) < 4.78 is 6.63. The Balaban J connectivity index is 1.97. The zero-order chi connectivity index (χ0) is 16.4. The highest BCUT2D eigenvalue weighted by atomic mass is 16.5. The van der Waals surface area contributed by atoms with Crippen molar-refractivity contribution in [1.29, 1.82) is 0 Å². The molecule has 6 atom stereocenters. The molecule has 3 aliphatic rings. The maximum Gasteiger partial charge on any atom is 0.0839 e. The predicted octanol–water partition coefficient (Wildman–Crippen LogP) is 4.71. The van der Waals surface area contributed by atoms with Gasteiger partial charge in [-0.15, -0.1) is 6.58 Å². The molecule has 2 nitrogen and oxygen atoms in total. The summed E-state index contributed by atoms with van der Waals surface area (Å²) in [6.07, 6.45) is 8.31. The molecule has 0 aromatic rings. The van der Waals surface area contributed by atoms with Gasteiger partial charge in [-0.3, -0.25) is 0 Å². The molecule has 3 rings (SSSR count). The molecule has 22 heavy (non-hydrogen) atoms. The fraction of sp³-hybridized carbons (Fsp3) is 0.900. The van der Waals surface area contributed by atoms with Crippen molar-refractivity contribution in [3.05, 3.63) is 12.7 Å². The lowest BCUT2D eigenvalue weighted by Crippen LogP contribution is -2.63. The van der Waals surface area contributed by atoms with Gasteiger partial charge in [0, 0.05) is 0 Å². The Labute approximate surface area is 136 Å². The van der Waals surface area contributed by atoms with Crippen LogP contribution >= 0.6 is 0 Å². The van der Waals surface area contributed by atoms with E-state index in [1.54, 1.807) is 0 Å². The molecule has 0 unspecified atom stereocenters. The quantitative estimate of drug-likeness (QED) is 0.711. The molecule has 1 N–H and O–H groups in total. The Bertz CT molecular complexity index is 470. The molecule has 1 heterocycles. The van der Waals surface area contributed by atoms with Crippen LogP contribution in [0, 0.1) is 22.7 Å². The van der Waals surface area contributed by atoms with Gasteiger partial charge in [0.25, 0.3) is 0 Å². The first-order valence-electron chi connectivity index (χ1n) is 9.07. The second-order valence-corrected chi connectivity index (χ2v) is 9.67. The van der Waals surface area contributed by atoms with E-state index >= 15 is 0 Å². The van der Waals surface area contributed by atoms with Crippen LogP contribution in [0.2, 0.25) is 0 Å². The van der Waals surface area contributed by atoms with Crippen molar-refractivity contribution in [2.24, 2.45) is 22.7 Å². The Morgan fingerprint density at radius 2 is 1.64 bits per heavy atom. The molecule has 0 aromatic heterocycles. The molecule has 0 amide bonds.